The highest BCUT2D eigenvalue weighted by atomic mass is 16.5. The van der Waals surface area contributed by atoms with Gasteiger partial charge in [-0.05, 0) is 42.5 Å². The number of hydrogen-bond acceptors (Lipinski definition) is 8. The minimum absolute atomic E-state index is 0.00828. The van der Waals surface area contributed by atoms with Crippen LogP contribution in [0.25, 0.3) is 22.1 Å². The molecule has 11 nitrogen and oxygen atoms in total. The number of aromatic carboxylic acids is 1. The molecule has 1 aromatic heterocycles. The van der Waals surface area contributed by atoms with E-state index in [9.17, 15) is 19.5 Å². The highest BCUT2D eigenvalue weighted by molar-refractivity contribution is 6.13. The lowest BCUT2D eigenvalue weighted by Gasteiger charge is -2.14. The van der Waals surface area contributed by atoms with Gasteiger partial charge in [-0.25, -0.2) is 4.79 Å². The van der Waals surface area contributed by atoms with Crippen LogP contribution >= 0.6 is 0 Å². The van der Waals surface area contributed by atoms with Crippen LogP contribution in [0.5, 0.6) is 11.5 Å². The van der Waals surface area contributed by atoms with E-state index < -0.39 is 11.9 Å². The van der Waals surface area contributed by atoms with Gasteiger partial charge in [0.25, 0.3) is 5.91 Å². The summed E-state index contributed by atoms with van der Waals surface area (Å²) in [5.41, 5.74) is 1.65. The lowest BCUT2D eigenvalue weighted by molar-refractivity contribution is -0.114. The van der Waals surface area contributed by atoms with E-state index in [-0.39, 0.29) is 34.0 Å². The Morgan fingerprint density at radius 1 is 0.973 bits per heavy atom. The van der Waals surface area contributed by atoms with Crippen molar-refractivity contribution in [3.63, 3.8) is 0 Å². The number of carbonyl (C=O) groups is 3. The molecule has 0 radical (unpaired) electrons. The highest BCUT2D eigenvalue weighted by Crippen LogP contribution is 2.41. The molecule has 0 fully saturated rings. The van der Waals surface area contributed by atoms with Gasteiger partial charge >= 0.3 is 5.97 Å². The summed E-state index contributed by atoms with van der Waals surface area (Å²) in [6.07, 6.45) is 0. The van der Waals surface area contributed by atoms with Crippen molar-refractivity contribution >= 4 is 40.1 Å². The van der Waals surface area contributed by atoms with Crippen molar-refractivity contribution in [3.05, 3.63) is 65.4 Å². The molecular weight excluding hydrogens is 480 g/mol. The fourth-order valence-electron chi connectivity index (χ4n) is 3.79. The number of carbonyl (C=O) groups excluding carboxylic acids is 2. The standard InChI is InChI=1S/C26H20N4O7/c1-13(31)28-15-5-7-21(35-2)16(9-15)17-10-19-23(11-22(17)36-3)37-30-24(19)25(32)29-20-6-4-14(12-27)8-18(20)26(33)34/h4-11H,1-3H3,(H,28,31)(H,29,32)(H,33,34). The van der Waals surface area contributed by atoms with E-state index in [1.165, 1.54) is 33.3 Å². The molecule has 0 spiro atoms. The van der Waals surface area contributed by atoms with Crippen LogP contribution in [-0.4, -0.2) is 42.3 Å². The lowest BCUT2D eigenvalue weighted by atomic mass is 10.00. The van der Waals surface area contributed by atoms with Crippen LogP contribution in [0, 0.1) is 11.3 Å². The van der Waals surface area contributed by atoms with Crippen molar-refractivity contribution < 1.29 is 33.5 Å². The van der Waals surface area contributed by atoms with Crippen molar-refractivity contribution in [1.29, 1.82) is 5.26 Å². The van der Waals surface area contributed by atoms with Crippen LogP contribution in [-0.2, 0) is 4.79 Å². The average molecular weight is 500 g/mol. The number of hydrogen-bond donors (Lipinski definition) is 3. The van der Waals surface area contributed by atoms with Crippen molar-refractivity contribution in [1.82, 2.24) is 5.16 Å². The second-order valence-electron chi connectivity index (χ2n) is 7.81. The number of rotatable bonds is 7. The summed E-state index contributed by atoms with van der Waals surface area (Å²) in [4.78, 5) is 36.3. The molecule has 0 saturated heterocycles. The minimum Gasteiger partial charge on any atom is -0.496 e. The number of ether oxygens (including phenoxy) is 2. The number of nitrogens with zero attached hydrogens (tertiary/aromatic N) is 2. The van der Waals surface area contributed by atoms with Gasteiger partial charge in [0, 0.05) is 29.8 Å². The molecule has 4 rings (SSSR count). The van der Waals surface area contributed by atoms with Gasteiger partial charge in [0.2, 0.25) is 5.91 Å². The Hall–Kier alpha value is -5.37. The Kier molecular flexibility index (Phi) is 6.75. The molecular formula is C26H20N4O7. The molecule has 37 heavy (non-hydrogen) atoms. The maximum Gasteiger partial charge on any atom is 0.337 e. The van der Waals surface area contributed by atoms with E-state index >= 15 is 0 Å². The second kappa shape index (κ2) is 10.1. The zero-order valence-corrected chi connectivity index (χ0v) is 19.9. The maximum absolute atomic E-state index is 13.1. The van der Waals surface area contributed by atoms with E-state index in [0.29, 0.717) is 33.7 Å². The summed E-state index contributed by atoms with van der Waals surface area (Å²) in [5, 5.41) is 28.0. The number of carboxylic acid groups (broad SMARTS) is 1. The lowest BCUT2D eigenvalue weighted by Crippen LogP contribution is -2.15. The number of carboxylic acids is 1. The molecule has 3 N–H and O–H groups in total. The number of amides is 2. The largest absolute Gasteiger partial charge is 0.496 e. The van der Waals surface area contributed by atoms with Gasteiger partial charge in [0.1, 0.15) is 11.5 Å². The Morgan fingerprint density at radius 2 is 1.70 bits per heavy atom. The smallest absolute Gasteiger partial charge is 0.337 e. The summed E-state index contributed by atoms with van der Waals surface area (Å²) in [6.45, 7) is 1.39. The number of methoxy groups -OCH3 is 2. The highest BCUT2D eigenvalue weighted by Gasteiger charge is 2.23. The number of aromatic nitrogens is 1. The van der Waals surface area contributed by atoms with Crippen LogP contribution in [0.2, 0.25) is 0 Å². The van der Waals surface area contributed by atoms with Crippen LogP contribution in [0.3, 0.4) is 0 Å². The number of nitrogens with one attached hydrogen (secondary N) is 2. The van der Waals surface area contributed by atoms with Crippen molar-refractivity contribution in [2.24, 2.45) is 0 Å². The summed E-state index contributed by atoms with van der Waals surface area (Å²) in [7, 11) is 2.97. The summed E-state index contributed by atoms with van der Waals surface area (Å²) >= 11 is 0. The maximum atomic E-state index is 13.1. The van der Waals surface area contributed by atoms with Gasteiger partial charge in [-0.1, -0.05) is 5.16 Å². The van der Waals surface area contributed by atoms with Crippen molar-refractivity contribution in [2.75, 3.05) is 24.9 Å². The SMILES string of the molecule is COc1ccc(NC(C)=O)cc1-c1cc2c(C(=O)Nc3ccc(C#N)cc3C(=O)O)noc2cc1OC. The van der Waals surface area contributed by atoms with E-state index in [1.54, 1.807) is 30.3 Å². The Bertz CT molecular complexity index is 1600. The van der Waals surface area contributed by atoms with Crippen LogP contribution in [0.15, 0.2) is 53.1 Å². The first-order valence-electron chi connectivity index (χ1n) is 10.8. The van der Waals surface area contributed by atoms with Gasteiger partial charge in [-0.15, -0.1) is 0 Å². The Labute approximate surface area is 210 Å². The molecule has 0 aliphatic carbocycles. The summed E-state index contributed by atoms with van der Waals surface area (Å²) < 4.78 is 16.4. The first kappa shape index (κ1) is 24.7. The monoisotopic (exact) mass is 500 g/mol. The number of anilines is 2. The summed E-state index contributed by atoms with van der Waals surface area (Å²) in [5.74, 6) is -1.40. The quantitative estimate of drug-likeness (QED) is 0.336. The molecule has 0 aliphatic rings. The first-order valence-corrected chi connectivity index (χ1v) is 10.8. The molecule has 0 aliphatic heterocycles. The zero-order valence-electron chi connectivity index (χ0n) is 19.9. The van der Waals surface area contributed by atoms with Gasteiger partial charge < -0.3 is 29.7 Å². The van der Waals surface area contributed by atoms with Crippen molar-refractivity contribution in [2.45, 2.75) is 6.92 Å². The van der Waals surface area contributed by atoms with Crippen LogP contribution < -0.4 is 20.1 Å². The van der Waals surface area contributed by atoms with E-state index in [1.807, 2.05) is 6.07 Å². The molecule has 0 atom stereocenters. The van der Waals surface area contributed by atoms with Crippen LogP contribution in [0.4, 0.5) is 11.4 Å². The van der Waals surface area contributed by atoms with Crippen LogP contribution in [0.1, 0.15) is 33.3 Å². The normalized spacial score (nSPS) is 10.4. The molecule has 0 bridgehead atoms. The second-order valence-corrected chi connectivity index (χ2v) is 7.81. The Balaban J connectivity index is 1.81. The van der Waals surface area contributed by atoms with E-state index in [4.69, 9.17) is 19.3 Å². The third-order valence-electron chi connectivity index (χ3n) is 5.44. The predicted molar refractivity (Wildman–Crippen MR) is 133 cm³/mol. The number of benzene rings is 3. The summed E-state index contributed by atoms with van der Waals surface area (Å²) in [6, 6.07) is 14.0. The van der Waals surface area contributed by atoms with E-state index in [2.05, 4.69) is 15.8 Å². The molecule has 2 amide bonds. The van der Waals surface area contributed by atoms with Gasteiger partial charge in [0.05, 0.1) is 42.5 Å². The van der Waals surface area contributed by atoms with Crippen molar-refractivity contribution in [3.8, 4) is 28.7 Å². The molecule has 1 heterocycles. The third-order valence-corrected chi connectivity index (χ3v) is 5.44. The minimum atomic E-state index is -1.31. The molecule has 11 heteroatoms. The molecule has 4 aromatic rings. The van der Waals surface area contributed by atoms with Gasteiger partial charge in [-0.2, -0.15) is 5.26 Å². The topological polar surface area (TPSA) is 164 Å². The molecule has 0 unspecified atom stereocenters. The third kappa shape index (κ3) is 4.89. The predicted octanol–water partition coefficient (Wildman–Crippen LogP) is 4.29. The number of nitriles is 1. The fraction of sp³-hybridized carbons (Fsp3) is 0.115. The van der Waals surface area contributed by atoms with Gasteiger partial charge in [-0.3, -0.25) is 9.59 Å². The Morgan fingerprint density at radius 3 is 2.35 bits per heavy atom. The molecule has 0 saturated carbocycles. The van der Waals surface area contributed by atoms with Gasteiger partial charge in [0.15, 0.2) is 11.3 Å². The zero-order chi connectivity index (χ0) is 26.7. The molecule has 186 valence electrons. The van der Waals surface area contributed by atoms with E-state index in [0.717, 1.165) is 6.07 Å². The average Bonchev–Trinajstić information content (AvgIpc) is 3.30. The number of fused-ring (bicyclic) bond motifs is 1. The molecule has 3 aromatic carbocycles. The first-order chi connectivity index (χ1) is 17.7. The fourth-order valence-corrected chi connectivity index (χ4v) is 3.79.